The van der Waals surface area contributed by atoms with Gasteiger partial charge in [-0.25, -0.2) is 4.98 Å². The van der Waals surface area contributed by atoms with Crippen molar-refractivity contribution in [3.8, 4) is 0 Å². The van der Waals surface area contributed by atoms with Crippen LogP contribution in [0.5, 0.6) is 0 Å². The zero-order chi connectivity index (χ0) is 9.80. The predicted octanol–water partition coefficient (Wildman–Crippen LogP) is 2.19. The van der Waals surface area contributed by atoms with E-state index in [0.29, 0.717) is 6.04 Å². The highest BCUT2D eigenvalue weighted by atomic mass is 16.5. The van der Waals surface area contributed by atoms with Gasteiger partial charge in [0.25, 0.3) is 0 Å². The third-order valence-electron chi connectivity index (χ3n) is 2.75. The third-order valence-corrected chi connectivity index (χ3v) is 2.75. The van der Waals surface area contributed by atoms with Crippen LogP contribution >= 0.6 is 0 Å². The molecule has 1 aromatic rings. The van der Waals surface area contributed by atoms with Crippen LogP contribution in [0, 0.1) is 0 Å². The highest BCUT2D eigenvalue weighted by Gasteiger charge is 2.17. The first kappa shape index (κ1) is 9.71. The molecule has 2 heterocycles. The molecule has 0 radical (unpaired) electrons. The first-order valence-corrected chi connectivity index (χ1v) is 5.51. The van der Waals surface area contributed by atoms with Crippen LogP contribution in [-0.4, -0.2) is 22.8 Å². The number of aryl methyl sites for hydroxylation is 1. The van der Waals surface area contributed by atoms with Crippen molar-refractivity contribution in [3.63, 3.8) is 0 Å². The average Bonchev–Trinajstić information content (AvgIpc) is 2.68. The van der Waals surface area contributed by atoms with Gasteiger partial charge in [0, 0.05) is 25.4 Å². The molecule has 0 spiro atoms. The second-order valence-corrected chi connectivity index (χ2v) is 3.87. The van der Waals surface area contributed by atoms with Gasteiger partial charge in [0.15, 0.2) is 0 Å². The van der Waals surface area contributed by atoms with E-state index in [2.05, 4.69) is 22.7 Å². The summed E-state index contributed by atoms with van der Waals surface area (Å²) in [6.45, 7) is 3.97. The molecule has 0 bridgehead atoms. The van der Waals surface area contributed by atoms with Crippen molar-refractivity contribution in [2.45, 2.75) is 38.6 Å². The number of hydrogen-bond donors (Lipinski definition) is 0. The Morgan fingerprint density at radius 3 is 3.29 bits per heavy atom. The zero-order valence-corrected chi connectivity index (χ0v) is 8.78. The van der Waals surface area contributed by atoms with Crippen molar-refractivity contribution in [1.82, 2.24) is 9.55 Å². The maximum atomic E-state index is 5.49. The van der Waals surface area contributed by atoms with E-state index in [4.69, 9.17) is 4.74 Å². The predicted molar refractivity (Wildman–Crippen MR) is 55.3 cm³/mol. The fourth-order valence-corrected chi connectivity index (χ4v) is 2.04. The summed E-state index contributed by atoms with van der Waals surface area (Å²) in [5.41, 5.74) is 0. The van der Waals surface area contributed by atoms with E-state index >= 15 is 0 Å². The van der Waals surface area contributed by atoms with Crippen molar-refractivity contribution in [2.75, 3.05) is 13.2 Å². The summed E-state index contributed by atoms with van der Waals surface area (Å²) in [5.74, 6) is 1.21. The van der Waals surface area contributed by atoms with Gasteiger partial charge in [0.05, 0.1) is 12.6 Å². The van der Waals surface area contributed by atoms with Gasteiger partial charge in [-0.2, -0.15) is 0 Å². The molecular formula is C11H18N2O. The molecule has 1 aliphatic heterocycles. The summed E-state index contributed by atoms with van der Waals surface area (Å²) in [5, 5.41) is 0. The summed E-state index contributed by atoms with van der Waals surface area (Å²) < 4.78 is 7.78. The lowest BCUT2D eigenvalue weighted by Crippen LogP contribution is -2.22. The number of imidazole rings is 1. The van der Waals surface area contributed by atoms with Gasteiger partial charge in [0.1, 0.15) is 5.82 Å². The second-order valence-electron chi connectivity index (χ2n) is 3.87. The molecule has 3 nitrogen and oxygen atoms in total. The van der Waals surface area contributed by atoms with Crippen molar-refractivity contribution in [2.24, 2.45) is 0 Å². The molecule has 0 amide bonds. The fourth-order valence-electron chi connectivity index (χ4n) is 2.04. The average molecular weight is 194 g/mol. The molecule has 1 aromatic heterocycles. The van der Waals surface area contributed by atoms with Crippen LogP contribution in [0.15, 0.2) is 12.4 Å². The molecule has 1 aliphatic rings. The van der Waals surface area contributed by atoms with Crippen LogP contribution in [0.3, 0.4) is 0 Å². The van der Waals surface area contributed by atoms with E-state index in [-0.39, 0.29) is 0 Å². The molecule has 1 saturated heterocycles. The number of ether oxygens (including phenoxy) is 1. The molecule has 3 heteroatoms. The van der Waals surface area contributed by atoms with Gasteiger partial charge in [-0.15, -0.1) is 0 Å². The van der Waals surface area contributed by atoms with Gasteiger partial charge in [-0.1, -0.05) is 6.92 Å². The molecule has 78 valence electrons. The van der Waals surface area contributed by atoms with Crippen LogP contribution in [0.4, 0.5) is 0 Å². The molecule has 1 atom stereocenters. The quantitative estimate of drug-likeness (QED) is 0.737. The molecule has 2 rings (SSSR count). The Morgan fingerprint density at radius 2 is 2.57 bits per heavy atom. The van der Waals surface area contributed by atoms with Gasteiger partial charge in [-0.05, 0) is 19.3 Å². The Hall–Kier alpha value is -0.830. The third kappa shape index (κ3) is 1.98. The first-order chi connectivity index (χ1) is 6.92. The summed E-state index contributed by atoms with van der Waals surface area (Å²) in [6, 6.07) is 0.521. The van der Waals surface area contributed by atoms with Crippen molar-refractivity contribution >= 4 is 0 Å². The van der Waals surface area contributed by atoms with Gasteiger partial charge >= 0.3 is 0 Å². The summed E-state index contributed by atoms with van der Waals surface area (Å²) in [7, 11) is 0. The summed E-state index contributed by atoms with van der Waals surface area (Å²) in [4.78, 5) is 4.39. The number of rotatable bonds is 3. The Balaban J connectivity index is 2.09. The minimum atomic E-state index is 0.521. The largest absolute Gasteiger partial charge is 0.379 e. The van der Waals surface area contributed by atoms with Crippen LogP contribution < -0.4 is 0 Å². The topological polar surface area (TPSA) is 27.1 Å². The van der Waals surface area contributed by atoms with Crippen LogP contribution in [0.25, 0.3) is 0 Å². The Bertz CT molecular complexity index is 277. The Labute approximate surface area is 85.1 Å². The minimum absolute atomic E-state index is 0.521. The van der Waals surface area contributed by atoms with Gasteiger partial charge in [0.2, 0.25) is 0 Å². The molecule has 0 aliphatic carbocycles. The minimum Gasteiger partial charge on any atom is -0.379 e. The lowest BCUT2D eigenvalue weighted by molar-refractivity contribution is 0.0582. The van der Waals surface area contributed by atoms with E-state index < -0.39 is 0 Å². The van der Waals surface area contributed by atoms with E-state index in [9.17, 15) is 0 Å². The summed E-state index contributed by atoms with van der Waals surface area (Å²) >= 11 is 0. The molecule has 0 aromatic carbocycles. The van der Waals surface area contributed by atoms with E-state index in [1.165, 1.54) is 18.7 Å². The van der Waals surface area contributed by atoms with E-state index in [1.54, 1.807) is 0 Å². The molecule has 0 N–H and O–H groups in total. The summed E-state index contributed by atoms with van der Waals surface area (Å²) in [6.07, 6.45) is 8.62. The maximum Gasteiger partial charge on any atom is 0.108 e. The number of hydrogen-bond acceptors (Lipinski definition) is 2. The van der Waals surface area contributed by atoms with Crippen LogP contribution in [-0.2, 0) is 11.2 Å². The monoisotopic (exact) mass is 194 g/mol. The highest BCUT2D eigenvalue weighted by molar-refractivity contribution is 4.96. The Kier molecular flexibility index (Phi) is 3.19. The van der Waals surface area contributed by atoms with E-state index in [0.717, 1.165) is 26.1 Å². The normalized spacial score (nSPS) is 22.5. The number of nitrogens with zero attached hydrogens (tertiary/aromatic N) is 2. The molecule has 14 heavy (non-hydrogen) atoms. The van der Waals surface area contributed by atoms with Crippen LogP contribution in [0.2, 0.25) is 0 Å². The van der Waals surface area contributed by atoms with Crippen molar-refractivity contribution < 1.29 is 4.74 Å². The standard InChI is InChI=1S/C11H18N2O/c1-2-4-11-12-6-7-13(11)10-5-3-8-14-9-10/h6-7,10H,2-5,8-9H2,1H3. The second kappa shape index (κ2) is 4.60. The number of aromatic nitrogens is 2. The molecular weight excluding hydrogens is 176 g/mol. The SMILES string of the molecule is CCCc1nccn1C1CCCOC1. The molecule has 0 saturated carbocycles. The first-order valence-electron chi connectivity index (χ1n) is 5.51. The lowest BCUT2D eigenvalue weighted by atomic mass is 10.1. The van der Waals surface area contributed by atoms with Crippen molar-refractivity contribution in [1.29, 1.82) is 0 Å². The van der Waals surface area contributed by atoms with E-state index in [1.807, 2.05) is 6.20 Å². The zero-order valence-electron chi connectivity index (χ0n) is 8.78. The highest BCUT2D eigenvalue weighted by Crippen LogP contribution is 2.21. The molecule has 1 fully saturated rings. The Morgan fingerprint density at radius 1 is 1.64 bits per heavy atom. The van der Waals surface area contributed by atoms with Gasteiger partial charge < -0.3 is 9.30 Å². The maximum absolute atomic E-state index is 5.49. The molecule has 1 unspecified atom stereocenters. The van der Waals surface area contributed by atoms with Gasteiger partial charge in [-0.3, -0.25) is 0 Å². The van der Waals surface area contributed by atoms with Crippen molar-refractivity contribution in [3.05, 3.63) is 18.2 Å². The fraction of sp³-hybridized carbons (Fsp3) is 0.727. The smallest absolute Gasteiger partial charge is 0.108 e. The van der Waals surface area contributed by atoms with Crippen LogP contribution in [0.1, 0.15) is 38.1 Å². The lowest BCUT2D eigenvalue weighted by Gasteiger charge is -2.24.